The largest absolute Gasteiger partial charge is 0.192 e. The molecule has 0 bridgehead atoms. The lowest BCUT2D eigenvalue weighted by molar-refractivity contribution is 0.835. The predicted molar refractivity (Wildman–Crippen MR) is 217 cm³/mol. The van der Waals surface area contributed by atoms with Gasteiger partial charge in [0.05, 0.1) is 38.4 Å². The minimum atomic E-state index is -2.37. The van der Waals surface area contributed by atoms with Crippen LogP contribution in [0, 0.1) is 45.3 Å². The molecule has 0 aliphatic rings. The average Bonchev–Trinajstić information content (AvgIpc) is 3.05. The SMILES string of the molecule is CC(C)[Si](c1c2cc3cc(C#N)c(C#N)cc3cc2c([Si](C(C)C)(C(C)C)C(C)C)c2cc3cc(C#N)c(C#N)cc3cc12)(C(C)C)C(C)C. The van der Waals surface area contributed by atoms with Gasteiger partial charge in [0, 0.05) is 0 Å². The zero-order chi connectivity index (χ0) is 37.0. The minimum Gasteiger partial charge on any atom is -0.192 e. The van der Waals surface area contributed by atoms with E-state index in [1.807, 2.05) is 24.3 Å². The van der Waals surface area contributed by atoms with Crippen LogP contribution in [0.15, 0.2) is 48.5 Å². The second-order valence-electron chi connectivity index (χ2n) is 16.3. The molecule has 0 N–H and O–H groups in total. The van der Waals surface area contributed by atoms with Crippen molar-refractivity contribution >= 4 is 69.6 Å². The van der Waals surface area contributed by atoms with Gasteiger partial charge in [-0.2, -0.15) is 21.0 Å². The highest BCUT2D eigenvalue weighted by atomic mass is 28.3. The van der Waals surface area contributed by atoms with Crippen molar-refractivity contribution in [2.45, 2.75) is 116 Å². The van der Waals surface area contributed by atoms with E-state index in [1.165, 1.54) is 31.9 Å². The van der Waals surface area contributed by atoms with E-state index < -0.39 is 16.1 Å². The van der Waals surface area contributed by atoms with Gasteiger partial charge in [0.1, 0.15) is 24.3 Å². The molecule has 4 nitrogen and oxygen atoms in total. The molecular weight excluding hydrogens is 641 g/mol. The van der Waals surface area contributed by atoms with Crippen molar-refractivity contribution in [3.63, 3.8) is 0 Å². The lowest BCUT2D eigenvalue weighted by Gasteiger charge is -2.48. The van der Waals surface area contributed by atoms with Crippen molar-refractivity contribution in [3.05, 3.63) is 70.8 Å². The Balaban J connectivity index is 2.30. The molecule has 0 saturated heterocycles. The van der Waals surface area contributed by atoms with Crippen molar-refractivity contribution in [2.75, 3.05) is 0 Å². The van der Waals surface area contributed by atoms with Crippen molar-refractivity contribution < 1.29 is 0 Å². The molecule has 0 radical (unpaired) electrons. The summed E-state index contributed by atoms with van der Waals surface area (Å²) >= 11 is 0. The van der Waals surface area contributed by atoms with Gasteiger partial charge in [-0.15, -0.1) is 0 Å². The normalized spacial score (nSPS) is 12.6. The smallest absolute Gasteiger partial charge is 0.101 e. The molecule has 0 unspecified atom stereocenters. The van der Waals surface area contributed by atoms with Crippen molar-refractivity contribution in [2.24, 2.45) is 0 Å². The summed E-state index contributed by atoms with van der Waals surface area (Å²) in [5.41, 5.74) is 4.20. The van der Waals surface area contributed by atoms with E-state index in [0.717, 1.165) is 21.5 Å². The number of benzene rings is 5. The molecule has 0 saturated carbocycles. The van der Waals surface area contributed by atoms with E-state index in [1.54, 1.807) is 0 Å². The summed E-state index contributed by atoms with van der Waals surface area (Å²) in [5, 5.41) is 52.2. The molecular formula is C44H50N4Si2. The van der Waals surface area contributed by atoms with Crippen LogP contribution in [-0.4, -0.2) is 16.1 Å². The number of nitrogens with zero attached hydrogens (tertiary/aromatic N) is 4. The van der Waals surface area contributed by atoms with Gasteiger partial charge in [-0.25, -0.2) is 0 Å². The number of hydrogen-bond donors (Lipinski definition) is 0. The molecule has 0 amide bonds. The van der Waals surface area contributed by atoms with Crippen LogP contribution in [0.4, 0.5) is 0 Å². The number of fused-ring (bicyclic) bond motifs is 4. The zero-order valence-electron chi connectivity index (χ0n) is 31.9. The molecule has 5 rings (SSSR count). The van der Waals surface area contributed by atoms with Gasteiger partial charge in [0.25, 0.3) is 0 Å². The number of hydrogen-bond acceptors (Lipinski definition) is 4. The second-order valence-corrected chi connectivity index (χ2v) is 27.9. The third kappa shape index (κ3) is 5.16. The minimum absolute atomic E-state index is 0.403. The molecule has 0 aromatic heterocycles. The van der Waals surface area contributed by atoms with Crippen molar-refractivity contribution in [1.29, 1.82) is 21.0 Å². The molecule has 5 aromatic rings. The van der Waals surface area contributed by atoms with E-state index in [0.29, 0.717) is 55.5 Å². The third-order valence-electron chi connectivity index (χ3n) is 12.4. The van der Waals surface area contributed by atoms with E-state index in [9.17, 15) is 21.0 Å². The maximum Gasteiger partial charge on any atom is 0.101 e. The van der Waals surface area contributed by atoms with Crippen LogP contribution < -0.4 is 10.4 Å². The first kappa shape index (κ1) is 36.8. The monoisotopic (exact) mass is 690 g/mol. The zero-order valence-corrected chi connectivity index (χ0v) is 33.9. The Hall–Kier alpha value is -4.47. The Morgan fingerprint density at radius 1 is 0.340 bits per heavy atom. The van der Waals surface area contributed by atoms with E-state index in [2.05, 4.69) is 132 Å². The predicted octanol–water partition coefficient (Wildman–Crippen LogP) is 11.6. The van der Waals surface area contributed by atoms with E-state index >= 15 is 0 Å². The molecule has 0 atom stereocenters. The summed E-state index contributed by atoms with van der Waals surface area (Å²) in [6, 6.07) is 26.2. The van der Waals surface area contributed by atoms with Crippen LogP contribution in [0.2, 0.25) is 33.2 Å². The Morgan fingerprint density at radius 3 is 0.660 bits per heavy atom. The summed E-state index contributed by atoms with van der Waals surface area (Å²) in [6.45, 7) is 28.9. The van der Waals surface area contributed by atoms with Crippen LogP contribution in [0.25, 0.3) is 43.1 Å². The van der Waals surface area contributed by atoms with Crippen LogP contribution >= 0.6 is 0 Å². The van der Waals surface area contributed by atoms with E-state index in [4.69, 9.17) is 0 Å². The van der Waals surface area contributed by atoms with Gasteiger partial charge in [-0.05, 0) is 135 Å². The second kappa shape index (κ2) is 13.3. The third-order valence-corrected chi connectivity index (χ3v) is 26.7. The maximum absolute atomic E-state index is 10.0. The summed E-state index contributed by atoms with van der Waals surface area (Å²) in [6.07, 6.45) is 0. The topological polar surface area (TPSA) is 95.2 Å². The Bertz CT molecular complexity index is 2010. The fraction of sp³-hybridized carbons (Fsp3) is 0.409. The molecule has 0 fully saturated rings. The molecule has 0 aliphatic heterocycles. The first-order valence-electron chi connectivity index (χ1n) is 18.2. The van der Waals surface area contributed by atoms with Crippen molar-refractivity contribution in [3.8, 4) is 24.3 Å². The quantitative estimate of drug-likeness (QED) is 0.120. The van der Waals surface area contributed by atoms with Gasteiger partial charge >= 0.3 is 0 Å². The van der Waals surface area contributed by atoms with E-state index in [-0.39, 0.29) is 0 Å². The highest BCUT2D eigenvalue weighted by molar-refractivity contribution is 7.01. The maximum atomic E-state index is 10.0. The molecule has 0 aliphatic carbocycles. The highest BCUT2D eigenvalue weighted by Crippen LogP contribution is 2.48. The lowest BCUT2D eigenvalue weighted by Crippen LogP contribution is -2.59. The van der Waals surface area contributed by atoms with Gasteiger partial charge < -0.3 is 0 Å². The van der Waals surface area contributed by atoms with Gasteiger partial charge in [-0.1, -0.05) is 83.1 Å². The number of nitriles is 4. The summed E-state index contributed by atoms with van der Waals surface area (Å²) in [4.78, 5) is 0. The standard InChI is InChI=1S/C44H50N4Si2/c1-25(2)49(26(3)4,27(5)6)43-39-17-31-13-35(21-45)37(23-47)15-33(31)19-41(39)44(50(28(7)8,29(9)10)30(11)12)42-20-34-16-38(24-48)36(22-46)14-32(34)18-40(42)43/h13-20,25-30H,1-12H3. The van der Waals surface area contributed by atoms with Crippen molar-refractivity contribution in [1.82, 2.24) is 0 Å². The van der Waals surface area contributed by atoms with Gasteiger partial charge in [0.15, 0.2) is 0 Å². The molecule has 5 aromatic carbocycles. The molecule has 50 heavy (non-hydrogen) atoms. The molecule has 0 spiro atoms. The van der Waals surface area contributed by atoms with Crippen LogP contribution in [0.3, 0.4) is 0 Å². The number of rotatable bonds is 8. The Morgan fingerprint density at radius 2 is 0.520 bits per heavy atom. The Labute approximate surface area is 301 Å². The Kier molecular flexibility index (Phi) is 9.82. The summed E-state index contributed by atoms with van der Waals surface area (Å²) in [5.74, 6) is 0. The lowest BCUT2D eigenvalue weighted by atomic mass is 9.94. The molecule has 0 heterocycles. The van der Waals surface area contributed by atoms with Crippen LogP contribution in [-0.2, 0) is 0 Å². The van der Waals surface area contributed by atoms with Crippen LogP contribution in [0.5, 0.6) is 0 Å². The highest BCUT2D eigenvalue weighted by Gasteiger charge is 2.50. The fourth-order valence-electron chi connectivity index (χ4n) is 10.9. The summed E-state index contributed by atoms with van der Waals surface area (Å²) in [7, 11) is -4.74. The first-order chi connectivity index (χ1) is 23.6. The van der Waals surface area contributed by atoms with Gasteiger partial charge in [-0.3, -0.25) is 0 Å². The molecule has 6 heteroatoms. The first-order valence-corrected chi connectivity index (χ1v) is 22.6. The summed E-state index contributed by atoms with van der Waals surface area (Å²) < 4.78 is 0. The average molecular weight is 691 g/mol. The fourth-order valence-corrected chi connectivity index (χ4v) is 25.0. The molecule has 254 valence electrons. The van der Waals surface area contributed by atoms with Gasteiger partial charge in [0.2, 0.25) is 0 Å². The van der Waals surface area contributed by atoms with Crippen LogP contribution in [0.1, 0.15) is 105 Å².